The van der Waals surface area contributed by atoms with Crippen molar-refractivity contribution < 1.29 is 19.1 Å². The summed E-state index contributed by atoms with van der Waals surface area (Å²) in [6, 6.07) is 3.97. The smallest absolute Gasteiger partial charge is 0.328 e. The van der Waals surface area contributed by atoms with Crippen molar-refractivity contribution in [3.05, 3.63) is 41.2 Å². The highest BCUT2D eigenvalue weighted by molar-refractivity contribution is 5.95. The third-order valence-corrected chi connectivity index (χ3v) is 3.00. The molecule has 0 aliphatic heterocycles. The number of benzene rings is 1. The van der Waals surface area contributed by atoms with Gasteiger partial charge in [-0.1, -0.05) is 19.4 Å². The molecule has 0 spiro atoms. The average molecular weight is 293 g/mol. The van der Waals surface area contributed by atoms with E-state index in [4.69, 9.17) is 5.11 Å². The van der Waals surface area contributed by atoms with Crippen molar-refractivity contribution in [2.45, 2.75) is 39.2 Å². The maximum absolute atomic E-state index is 13.8. The van der Waals surface area contributed by atoms with Gasteiger partial charge in [-0.2, -0.15) is 0 Å². The molecular weight excluding hydrogens is 273 g/mol. The van der Waals surface area contributed by atoms with Crippen LogP contribution in [0.4, 0.5) is 4.39 Å². The Hall–Kier alpha value is -2.17. The fourth-order valence-electron chi connectivity index (χ4n) is 2.03. The zero-order valence-electron chi connectivity index (χ0n) is 12.4. The lowest BCUT2D eigenvalue weighted by Crippen LogP contribution is -2.43. The van der Waals surface area contributed by atoms with E-state index >= 15 is 0 Å². The minimum atomic E-state index is -1.16. The van der Waals surface area contributed by atoms with Crippen LogP contribution in [0.2, 0.25) is 0 Å². The van der Waals surface area contributed by atoms with E-state index in [9.17, 15) is 14.0 Å². The second-order valence-corrected chi connectivity index (χ2v) is 5.50. The SMILES string of the molecule is CCCC(C)(C)NC(=O)c1ccc(/C=C/C(=O)O)c(F)c1. The molecule has 0 saturated heterocycles. The molecule has 0 fully saturated rings. The highest BCUT2D eigenvalue weighted by Gasteiger charge is 2.20. The van der Waals surface area contributed by atoms with Crippen LogP contribution in [0.3, 0.4) is 0 Å². The normalized spacial score (nSPS) is 11.6. The summed E-state index contributed by atoms with van der Waals surface area (Å²) >= 11 is 0. The molecule has 0 saturated carbocycles. The topological polar surface area (TPSA) is 66.4 Å². The van der Waals surface area contributed by atoms with Crippen LogP contribution in [0.25, 0.3) is 6.08 Å². The lowest BCUT2D eigenvalue weighted by Gasteiger charge is -2.25. The minimum absolute atomic E-state index is 0.127. The van der Waals surface area contributed by atoms with E-state index in [0.29, 0.717) is 0 Å². The molecule has 1 rings (SSSR count). The molecule has 0 aliphatic carbocycles. The van der Waals surface area contributed by atoms with E-state index < -0.39 is 11.8 Å². The maximum atomic E-state index is 13.8. The molecule has 1 aromatic carbocycles. The van der Waals surface area contributed by atoms with Crippen molar-refractivity contribution in [2.75, 3.05) is 0 Å². The van der Waals surface area contributed by atoms with Gasteiger partial charge in [0.05, 0.1) is 0 Å². The molecule has 2 N–H and O–H groups in total. The number of aliphatic carboxylic acids is 1. The minimum Gasteiger partial charge on any atom is -0.478 e. The third-order valence-electron chi connectivity index (χ3n) is 3.00. The lowest BCUT2D eigenvalue weighted by molar-refractivity contribution is -0.131. The number of halogens is 1. The average Bonchev–Trinajstić information content (AvgIpc) is 2.36. The largest absolute Gasteiger partial charge is 0.478 e. The van der Waals surface area contributed by atoms with E-state index in [1.54, 1.807) is 0 Å². The number of carbonyl (C=O) groups excluding carboxylic acids is 1. The van der Waals surface area contributed by atoms with Gasteiger partial charge in [-0.15, -0.1) is 0 Å². The first-order valence-corrected chi connectivity index (χ1v) is 6.78. The Bertz CT molecular complexity index is 565. The van der Waals surface area contributed by atoms with Crippen LogP contribution in [0.5, 0.6) is 0 Å². The van der Waals surface area contributed by atoms with Crippen molar-refractivity contribution in [3.8, 4) is 0 Å². The molecular formula is C16H20FNO3. The van der Waals surface area contributed by atoms with Gasteiger partial charge < -0.3 is 10.4 Å². The number of carboxylic acids is 1. The summed E-state index contributed by atoms with van der Waals surface area (Å²) in [5.74, 6) is -2.13. The van der Waals surface area contributed by atoms with E-state index in [-0.39, 0.29) is 22.6 Å². The Morgan fingerprint density at radius 3 is 2.57 bits per heavy atom. The molecule has 0 aliphatic rings. The number of carbonyl (C=O) groups is 2. The molecule has 1 aromatic rings. The maximum Gasteiger partial charge on any atom is 0.328 e. The van der Waals surface area contributed by atoms with Gasteiger partial charge in [-0.05, 0) is 38.5 Å². The monoisotopic (exact) mass is 293 g/mol. The summed E-state index contributed by atoms with van der Waals surface area (Å²) in [4.78, 5) is 22.5. The van der Waals surface area contributed by atoms with Gasteiger partial charge in [0.2, 0.25) is 0 Å². The van der Waals surface area contributed by atoms with Crippen LogP contribution in [0.1, 0.15) is 49.5 Å². The number of carboxylic acid groups (broad SMARTS) is 1. The van der Waals surface area contributed by atoms with Gasteiger partial charge in [0.25, 0.3) is 5.91 Å². The standard InChI is InChI=1S/C16H20FNO3/c1-4-9-16(2,3)18-15(21)12-6-5-11(13(17)10-12)7-8-14(19)20/h5-8,10H,4,9H2,1-3H3,(H,18,21)(H,19,20)/b8-7+. The molecule has 114 valence electrons. The van der Waals surface area contributed by atoms with Crippen molar-refractivity contribution in [3.63, 3.8) is 0 Å². The summed E-state index contributed by atoms with van der Waals surface area (Å²) in [5.41, 5.74) is -0.0181. The molecule has 0 radical (unpaired) electrons. The highest BCUT2D eigenvalue weighted by Crippen LogP contribution is 2.15. The second-order valence-electron chi connectivity index (χ2n) is 5.50. The Labute approximate surface area is 123 Å². The number of hydrogen-bond donors (Lipinski definition) is 2. The number of amides is 1. The molecule has 0 unspecified atom stereocenters. The van der Waals surface area contributed by atoms with Crippen LogP contribution in [-0.2, 0) is 4.79 Å². The van der Waals surface area contributed by atoms with Crippen molar-refractivity contribution >= 4 is 18.0 Å². The van der Waals surface area contributed by atoms with E-state index in [1.165, 1.54) is 12.1 Å². The Morgan fingerprint density at radius 2 is 2.05 bits per heavy atom. The molecule has 0 atom stereocenters. The number of nitrogens with one attached hydrogen (secondary N) is 1. The first-order chi connectivity index (χ1) is 9.75. The third kappa shape index (κ3) is 5.38. The number of hydrogen-bond acceptors (Lipinski definition) is 2. The zero-order valence-corrected chi connectivity index (χ0v) is 12.4. The molecule has 0 aromatic heterocycles. The lowest BCUT2D eigenvalue weighted by atomic mass is 9.98. The van der Waals surface area contributed by atoms with Gasteiger partial charge in [-0.3, -0.25) is 4.79 Å². The Kier molecular flexibility index (Phi) is 5.64. The fraction of sp³-hybridized carbons (Fsp3) is 0.375. The quantitative estimate of drug-likeness (QED) is 0.791. The highest BCUT2D eigenvalue weighted by atomic mass is 19.1. The predicted octanol–water partition coefficient (Wildman–Crippen LogP) is 3.23. The molecule has 1 amide bonds. The van der Waals surface area contributed by atoms with Crippen LogP contribution in [0, 0.1) is 5.82 Å². The molecule has 5 heteroatoms. The Morgan fingerprint density at radius 1 is 1.38 bits per heavy atom. The first-order valence-electron chi connectivity index (χ1n) is 6.78. The van der Waals surface area contributed by atoms with Gasteiger partial charge in [0, 0.05) is 22.7 Å². The summed E-state index contributed by atoms with van der Waals surface area (Å²) in [6.07, 6.45) is 3.75. The van der Waals surface area contributed by atoms with Gasteiger partial charge in [0.1, 0.15) is 5.82 Å². The van der Waals surface area contributed by atoms with Gasteiger partial charge in [-0.25, -0.2) is 9.18 Å². The van der Waals surface area contributed by atoms with Crippen LogP contribution < -0.4 is 5.32 Å². The van der Waals surface area contributed by atoms with Crippen molar-refractivity contribution in [2.24, 2.45) is 0 Å². The molecule has 4 nitrogen and oxygen atoms in total. The number of rotatable bonds is 6. The summed E-state index contributed by atoms with van der Waals surface area (Å²) in [6.45, 7) is 5.85. The zero-order chi connectivity index (χ0) is 16.0. The second kappa shape index (κ2) is 7.02. The van der Waals surface area contributed by atoms with E-state index in [1.807, 2.05) is 20.8 Å². The van der Waals surface area contributed by atoms with Crippen LogP contribution >= 0.6 is 0 Å². The van der Waals surface area contributed by atoms with E-state index in [0.717, 1.165) is 31.1 Å². The van der Waals surface area contributed by atoms with Crippen molar-refractivity contribution in [1.82, 2.24) is 5.32 Å². The van der Waals surface area contributed by atoms with Gasteiger partial charge in [0.15, 0.2) is 0 Å². The van der Waals surface area contributed by atoms with Crippen molar-refractivity contribution in [1.29, 1.82) is 0 Å². The molecule has 21 heavy (non-hydrogen) atoms. The van der Waals surface area contributed by atoms with Crippen LogP contribution in [0.15, 0.2) is 24.3 Å². The fourth-order valence-corrected chi connectivity index (χ4v) is 2.03. The van der Waals surface area contributed by atoms with E-state index in [2.05, 4.69) is 5.32 Å². The molecule has 0 bridgehead atoms. The van der Waals surface area contributed by atoms with Crippen LogP contribution in [-0.4, -0.2) is 22.5 Å². The predicted molar refractivity (Wildman–Crippen MR) is 79.5 cm³/mol. The Balaban J connectivity index is 2.88. The summed E-state index contributed by atoms with van der Waals surface area (Å²) < 4.78 is 13.8. The van der Waals surface area contributed by atoms with Gasteiger partial charge >= 0.3 is 5.97 Å². The molecule has 0 heterocycles. The first kappa shape index (κ1) is 16.9. The summed E-state index contributed by atoms with van der Waals surface area (Å²) in [7, 11) is 0. The summed E-state index contributed by atoms with van der Waals surface area (Å²) in [5, 5.41) is 11.4.